The number of fused-ring (bicyclic) bond motifs is 1. The van der Waals surface area contributed by atoms with Crippen LogP contribution in [-0.4, -0.2) is 10.9 Å². The van der Waals surface area contributed by atoms with Crippen LogP contribution >= 0.6 is 0 Å². The topological polar surface area (TPSA) is 55.1 Å². The van der Waals surface area contributed by atoms with E-state index >= 15 is 0 Å². The predicted octanol–water partition coefficient (Wildman–Crippen LogP) is 5.58. The molecule has 1 aromatic heterocycles. The molecule has 4 rings (SSSR count). The number of aromatic nitrogens is 1. The number of aryl methyl sites for hydroxylation is 1. The van der Waals surface area contributed by atoms with Gasteiger partial charge >= 0.3 is 0 Å². The summed E-state index contributed by atoms with van der Waals surface area (Å²) in [6, 6.07) is 13.9. The smallest absolute Gasteiger partial charge is 0.227 e. The zero-order valence-electron chi connectivity index (χ0n) is 15.1. The van der Waals surface area contributed by atoms with Crippen LogP contribution in [0.1, 0.15) is 44.6 Å². The molecule has 3 aromatic rings. The first-order valence-electron chi connectivity index (χ1n) is 9.53. The first-order valence-corrected chi connectivity index (χ1v) is 9.53. The fourth-order valence-corrected chi connectivity index (χ4v) is 3.62. The molecule has 0 bridgehead atoms. The quantitative estimate of drug-likeness (QED) is 0.670. The van der Waals surface area contributed by atoms with Crippen LogP contribution in [0.2, 0.25) is 0 Å². The Kier molecular flexibility index (Phi) is 4.74. The van der Waals surface area contributed by atoms with Crippen molar-refractivity contribution in [2.24, 2.45) is 5.92 Å². The highest BCUT2D eigenvalue weighted by Crippen LogP contribution is 2.28. The standard InChI is InChI=1S/C22H24N2O2/c1-2-15-8-10-17(11-9-15)22-24-19-14-18(12-13-20(19)26-22)23-21(25)16-6-4-3-5-7-16/h8-14,16H,2-7H2,1H3,(H,23,25). The third-order valence-electron chi connectivity index (χ3n) is 5.24. The van der Waals surface area contributed by atoms with Crippen molar-refractivity contribution >= 4 is 22.7 Å². The van der Waals surface area contributed by atoms with Gasteiger partial charge in [-0.1, -0.05) is 38.3 Å². The van der Waals surface area contributed by atoms with Crippen molar-refractivity contribution in [3.8, 4) is 11.5 Å². The highest BCUT2D eigenvalue weighted by Gasteiger charge is 2.21. The van der Waals surface area contributed by atoms with Crippen LogP contribution in [0.3, 0.4) is 0 Å². The lowest BCUT2D eigenvalue weighted by Gasteiger charge is -2.20. The van der Waals surface area contributed by atoms with Crippen molar-refractivity contribution in [1.82, 2.24) is 4.98 Å². The Morgan fingerprint density at radius 3 is 2.62 bits per heavy atom. The minimum Gasteiger partial charge on any atom is -0.436 e. The second-order valence-electron chi connectivity index (χ2n) is 7.08. The number of carbonyl (C=O) groups is 1. The summed E-state index contributed by atoms with van der Waals surface area (Å²) in [5.74, 6) is 0.880. The molecule has 0 unspecified atom stereocenters. The molecule has 4 heteroatoms. The fraction of sp³-hybridized carbons (Fsp3) is 0.364. The van der Waals surface area contributed by atoms with Crippen molar-refractivity contribution in [2.45, 2.75) is 45.4 Å². The van der Waals surface area contributed by atoms with Crippen LogP contribution in [0.4, 0.5) is 5.69 Å². The number of hydrogen-bond donors (Lipinski definition) is 1. The van der Waals surface area contributed by atoms with Gasteiger partial charge in [0.2, 0.25) is 11.8 Å². The zero-order chi connectivity index (χ0) is 17.9. The number of nitrogens with one attached hydrogen (secondary N) is 1. The molecule has 1 fully saturated rings. The zero-order valence-corrected chi connectivity index (χ0v) is 15.1. The molecule has 26 heavy (non-hydrogen) atoms. The largest absolute Gasteiger partial charge is 0.436 e. The van der Waals surface area contributed by atoms with E-state index in [0.29, 0.717) is 5.89 Å². The average Bonchev–Trinajstić information content (AvgIpc) is 3.12. The van der Waals surface area contributed by atoms with E-state index in [2.05, 4.69) is 29.4 Å². The number of rotatable bonds is 4. The molecular weight excluding hydrogens is 324 g/mol. The van der Waals surface area contributed by atoms with Gasteiger partial charge in [-0.25, -0.2) is 4.98 Å². The summed E-state index contributed by atoms with van der Waals surface area (Å²) in [7, 11) is 0. The molecule has 0 saturated heterocycles. The summed E-state index contributed by atoms with van der Waals surface area (Å²) in [6.07, 6.45) is 6.56. The van der Waals surface area contributed by atoms with Gasteiger partial charge in [-0.05, 0) is 55.2 Å². The van der Waals surface area contributed by atoms with Gasteiger partial charge in [0.15, 0.2) is 5.58 Å². The molecule has 1 heterocycles. The summed E-state index contributed by atoms with van der Waals surface area (Å²) < 4.78 is 5.88. The van der Waals surface area contributed by atoms with Gasteiger partial charge in [-0.15, -0.1) is 0 Å². The van der Waals surface area contributed by atoms with Gasteiger partial charge in [0.05, 0.1) is 0 Å². The van der Waals surface area contributed by atoms with Gasteiger partial charge in [0.1, 0.15) is 5.52 Å². The maximum Gasteiger partial charge on any atom is 0.227 e. The normalized spacial score (nSPS) is 15.3. The van der Waals surface area contributed by atoms with E-state index in [4.69, 9.17) is 4.42 Å². The number of oxazole rings is 1. The Morgan fingerprint density at radius 2 is 1.88 bits per heavy atom. The van der Waals surface area contributed by atoms with E-state index in [1.54, 1.807) is 0 Å². The summed E-state index contributed by atoms with van der Waals surface area (Å²) >= 11 is 0. The monoisotopic (exact) mass is 348 g/mol. The summed E-state index contributed by atoms with van der Waals surface area (Å²) in [6.45, 7) is 2.14. The Labute approximate surface area is 153 Å². The number of carbonyl (C=O) groups excluding carboxylic acids is 1. The molecule has 1 aliphatic carbocycles. The highest BCUT2D eigenvalue weighted by atomic mass is 16.3. The van der Waals surface area contributed by atoms with Crippen LogP contribution < -0.4 is 5.32 Å². The van der Waals surface area contributed by atoms with Crippen LogP contribution in [0.15, 0.2) is 46.9 Å². The Hall–Kier alpha value is -2.62. The highest BCUT2D eigenvalue weighted by molar-refractivity contribution is 5.94. The van der Waals surface area contributed by atoms with Crippen molar-refractivity contribution in [3.05, 3.63) is 48.0 Å². The molecule has 0 spiro atoms. The van der Waals surface area contributed by atoms with Gasteiger partial charge in [0.25, 0.3) is 0 Å². The van der Waals surface area contributed by atoms with E-state index in [1.807, 2.05) is 30.3 Å². The number of amides is 1. The maximum atomic E-state index is 12.4. The molecule has 1 N–H and O–H groups in total. The summed E-state index contributed by atoms with van der Waals surface area (Å²) in [5, 5.41) is 3.05. The molecule has 1 saturated carbocycles. The molecule has 134 valence electrons. The second-order valence-corrected chi connectivity index (χ2v) is 7.08. The van der Waals surface area contributed by atoms with E-state index in [0.717, 1.165) is 54.5 Å². The number of benzene rings is 2. The van der Waals surface area contributed by atoms with Crippen molar-refractivity contribution < 1.29 is 9.21 Å². The molecule has 1 amide bonds. The van der Waals surface area contributed by atoms with Crippen molar-refractivity contribution in [1.29, 1.82) is 0 Å². The van der Waals surface area contributed by atoms with E-state index < -0.39 is 0 Å². The molecule has 0 aliphatic heterocycles. The summed E-state index contributed by atoms with van der Waals surface area (Å²) in [4.78, 5) is 17.0. The first-order chi connectivity index (χ1) is 12.7. The van der Waals surface area contributed by atoms with Gasteiger partial charge in [0, 0.05) is 17.2 Å². The lowest BCUT2D eigenvalue weighted by atomic mass is 9.88. The van der Waals surface area contributed by atoms with E-state index in [9.17, 15) is 4.79 Å². The third kappa shape index (κ3) is 3.50. The number of nitrogens with zero attached hydrogens (tertiary/aromatic N) is 1. The van der Waals surface area contributed by atoms with Crippen molar-refractivity contribution in [2.75, 3.05) is 5.32 Å². The average molecular weight is 348 g/mol. The Balaban J connectivity index is 1.54. The molecule has 2 aromatic carbocycles. The third-order valence-corrected chi connectivity index (χ3v) is 5.24. The lowest BCUT2D eigenvalue weighted by molar-refractivity contribution is -0.120. The first kappa shape index (κ1) is 16.8. The summed E-state index contributed by atoms with van der Waals surface area (Å²) in [5.41, 5.74) is 4.54. The second kappa shape index (κ2) is 7.32. The minimum absolute atomic E-state index is 0.128. The molecule has 4 nitrogen and oxygen atoms in total. The van der Waals surface area contributed by atoms with Crippen LogP contribution in [0.5, 0.6) is 0 Å². The maximum absolute atomic E-state index is 12.4. The van der Waals surface area contributed by atoms with E-state index in [-0.39, 0.29) is 11.8 Å². The number of hydrogen-bond acceptors (Lipinski definition) is 3. The van der Waals surface area contributed by atoms with Gasteiger partial charge in [-0.2, -0.15) is 0 Å². The number of anilines is 1. The Bertz CT molecular complexity index is 906. The van der Waals surface area contributed by atoms with E-state index in [1.165, 1.54) is 12.0 Å². The lowest BCUT2D eigenvalue weighted by Crippen LogP contribution is -2.24. The van der Waals surface area contributed by atoms with Gasteiger partial charge < -0.3 is 9.73 Å². The van der Waals surface area contributed by atoms with Crippen LogP contribution in [-0.2, 0) is 11.2 Å². The predicted molar refractivity (Wildman–Crippen MR) is 104 cm³/mol. The Morgan fingerprint density at radius 1 is 1.12 bits per heavy atom. The molecule has 0 atom stereocenters. The van der Waals surface area contributed by atoms with Crippen molar-refractivity contribution in [3.63, 3.8) is 0 Å². The molecule has 0 radical (unpaired) electrons. The van der Waals surface area contributed by atoms with Gasteiger partial charge in [-0.3, -0.25) is 4.79 Å². The minimum atomic E-state index is 0.128. The van der Waals surface area contributed by atoms with Crippen LogP contribution in [0.25, 0.3) is 22.6 Å². The molecule has 1 aliphatic rings. The fourth-order valence-electron chi connectivity index (χ4n) is 3.62. The van der Waals surface area contributed by atoms with Crippen LogP contribution in [0, 0.1) is 5.92 Å². The SMILES string of the molecule is CCc1ccc(-c2nc3cc(NC(=O)C4CCCCC4)ccc3o2)cc1. The molecular formula is C22H24N2O2.